The predicted molar refractivity (Wildman–Crippen MR) is 91.4 cm³/mol. The molecule has 1 aromatic carbocycles. The van der Waals surface area contributed by atoms with Crippen LogP contribution in [0.5, 0.6) is 0 Å². The summed E-state index contributed by atoms with van der Waals surface area (Å²) < 4.78 is 1.16. The van der Waals surface area contributed by atoms with Crippen LogP contribution in [-0.2, 0) is 0 Å². The van der Waals surface area contributed by atoms with E-state index < -0.39 is 0 Å². The first-order valence-electron chi connectivity index (χ1n) is 7.67. The molecule has 0 amide bonds. The molecular formula is C17H27BrN2. The van der Waals surface area contributed by atoms with Crippen LogP contribution in [0.25, 0.3) is 0 Å². The maximum Gasteiger partial charge on any atom is 0.0428 e. The Kier molecular flexibility index (Phi) is 5.14. The molecule has 4 atom stereocenters. The second kappa shape index (κ2) is 6.48. The minimum Gasteiger partial charge on any atom is -0.368 e. The Morgan fingerprint density at radius 1 is 1.30 bits per heavy atom. The Balaban J connectivity index is 2.41. The molecular weight excluding hydrogens is 312 g/mol. The van der Waals surface area contributed by atoms with Crippen molar-refractivity contribution < 1.29 is 0 Å². The molecule has 1 aliphatic rings. The summed E-state index contributed by atoms with van der Waals surface area (Å²) in [6, 6.07) is 7.65. The van der Waals surface area contributed by atoms with Crippen molar-refractivity contribution in [3.05, 3.63) is 28.2 Å². The summed E-state index contributed by atoms with van der Waals surface area (Å²) >= 11 is 3.64. The van der Waals surface area contributed by atoms with E-state index in [9.17, 15) is 0 Å². The number of hydrogen-bond donors (Lipinski definition) is 1. The topological polar surface area (TPSA) is 15.3 Å². The average molecular weight is 339 g/mol. The van der Waals surface area contributed by atoms with Crippen molar-refractivity contribution in [2.75, 3.05) is 18.5 Å². The summed E-state index contributed by atoms with van der Waals surface area (Å²) in [5.41, 5.74) is 2.77. The molecule has 2 rings (SSSR count). The van der Waals surface area contributed by atoms with Crippen LogP contribution < -0.4 is 10.2 Å². The van der Waals surface area contributed by atoms with E-state index in [-0.39, 0.29) is 0 Å². The van der Waals surface area contributed by atoms with Crippen molar-refractivity contribution in [1.82, 2.24) is 5.32 Å². The number of nitrogens with zero attached hydrogens (tertiary/aromatic N) is 1. The lowest BCUT2D eigenvalue weighted by Crippen LogP contribution is -2.46. The van der Waals surface area contributed by atoms with Gasteiger partial charge in [0.2, 0.25) is 0 Å². The van der Waals surface area contributed by atoms with Crippen LogP contribution in [0.2, 0.25) is 0 Å². The Morgan fingerprint density at radius 3 is 2.65 bits per heavy atom. The molecule has 1 aromatic rings. The molecule has 0 spiro atoms. The highest BCUT2D eigenvalue weighted by molar-refractivity contribution is 9.10. The lowest BCUT2D eigenvalue weighted by Gasteiger charge is -2.44. The number of nitrogens with one attached hydrogen (secondary N) is 1. The SMILES string of the molecule is CNC(C)c1ccc(Br)cc1N1CC(C)CC(C)C1C. The quantitative estimate of drug-likeness (QED) is 0.866. The number of piperidine rings is 1. The molecule has 0 radical (unpaired) electrons. The summed E-state index contributed by atoms with van der Waals surface area (Å²) in [6.45, 7) is 10.5. The van der Waals surface area contributed by atoms with Crippen LogP contribution in [-0.4, -0.2) is 19.6 Å². The highest BCUT2D eigenvalue weighted by Crippen LogP contribution is 2.36. The molecule has 0 saturated carbocycles. The van der Waals surface area contributed by atoms with Crippen molar-refractivity contribution in [3.8, 4) is 0 Å². The summed E-state index contributed by atoms with van der Waals surface area (Å²) in [5, 5.41) is 3.38. The van der Waals surface area contributed by atoms with Gasteiger partial charge in [-0.3, -0.25) is 0 Å². The van der Waals surface area contributed by atoms with E-state index in [1.807, 2.05) is 7.05 Å². The Labute approximate surface area is 132 Å². The van der Waals surface area contributed by atoms with E-state index in [4.69, 9.17) is 0 Å². The van der Waals surface area contributed by atoms with E-state index >= 15 is 0 Å². The molecule has 1 fully saturated rings. The van der Waals surface area contributed by atoms with Gasteiger partial charge in [0.25, 0.3) is 0 Å². The van der Waals surface area contributed by atoms with Crippen molar-refractivity contribution in [2.24, 2.45) is 11.8 Å². The van der Waals surface area contributed by atoms with Crippen molar-refractivity contribution >= 4 is 21.6 Å². The summed E-state index contributed by atoms with van der Waals surface area (Å²) in [5.74, 6) is 1.51. The molecule has 4 unspecified atom stereocenters. The van der Waals surface area contributed by atoms with E-state index in [0.717, 1.165) is 22.9 Å². The molecule has 1 saturated heterocycles. The molecule has 2 nitrogen and oxygen atoms in total. The van der Waals surface area contributed by atoms with E-state index in [0.29, 0.717) is 12.1 Å². The highest BCUT2D eigenvalue weighted by atomic mass is 79.9. The number of benzene rings is 1. The Hall–Kier alpha value is -0.540. The lowest BCUT2D eigenvalue weighted by molar-refractivity contribution is 0.296. The fourth-order valence-electron chi connectivity index (χ4n) is 3.32. The van der Waals surface area contributed by atoms with Crippen molar-refractivity contribution in [3.63, 3.8) is 0 Å². The first-order valence-corrected chi connectivity index (χ1v) is 8.46. The molecule has 0 aliphatic carbocycles. The fraction of sp³-hybridized carbons (Fsp3) is 0.647. The minimum absolute atomic E-state index is 0.373. The zero-order valence-corrected chi connectivity index (χ0v) is 14.9. The van der Waals surface area contributed by atoms with Crippen LogP contribution >= 0.6 is 15.9 Å². The average Bonchev–Trinajstić information content (AvgIpc) is 2.42. The van der Waals surface area contributed by atoms with Gasteiger partial charge >= 0.3 is 0 Å². The van der Waals surface area contributed by atoms with Crippen LogP contribution in [0.4, 0.5) is 5.69 Å². The van der Waals surface area contributed by atoms with E-state index in [1.54, 1.807) is 0 Å². The monoisotopic (exact) mass is 338 g/mol. The third-order valence-electron chi connectivity index (χ3n) is 4.80. The second-order valence-electron chi connectivity index (χ2n) is 6.42. The standard InChI is InChI=1S/C17H27BrN2/c1-11-8-12(2)14(4)20(10-11)17-9-15(18)6-7-16(17)13(3)19-5/h6-7,9,11-14,19H,8,10H2,1-5H3. The van der Waals surface area contributed by atoms with Gasteiger partial charge in [0.1, 0.15) is 0 Å². The minimum atomic E-state index is 0.373. The van der Waals surface area contributed by atoms with Gasteiger partial charge in [-0.05, 0) is 56.8 Å². The highest BCUT2D eigenvalue weighted by Gasteiger charge is 2.30. The molecule has 1 aliphatic heterocycles. The molecule has 112 valence electrons. The smallest absolute Gasteiger partial charge is 0.0428 e. The van der Waals surface area contributed by atoms with E-state index in [1.165, 1.54) is 17.7 Å². The van der Waals surface area contributed by atoms with Crippen LogP contribution in [0.15, 0.2) is 22.7 Å². The zero-order chi connectivity index (χ0) is 14.9. The number of hydrogen-bond acceptors (Lipinski definition) is 2. The third-order valence-corrected chi connectivity index (χ3v) is 5.29. The van der Waals surface area contributed by atoms with Gasteiger partial charge in [-0.2, -0.15) is 0 Å². The molecule has 1 heterocycles. The summed E-state index contributed by atoms with van der Waals surface area (Å²) in [6.07, 6.45) is 1.34. The van der Waals surface area contributed by atoms with Gasteiger partial charge in [0.05, 0.1) is 0 Å². The second-order valence-corrected chi connectivity index (χ2v) is 7.34. The largest absolute Gasteiger partial charge is 0.368 e. The first kappa shape index (κ1) is 15.8. The Bertz CT molecular complexity index is 460. The maximum atomic E-state index is 3.64. The maximum absolute atomic E-state index is 3.64. The Morgan fingerprint density at radius 2 is 2.00 bits per heavy atom. The van der Waals surface area contributed by atoms with E-state index in [2.05, 4.69) is 72.0 Å². The van der Waals surface area contributed by atoms with Gasteiger partial charge in [0.15, 0.2) is 0 Å². The van der Waals surface area contributed by atoms with Crippen LogP contribution in [0.1, 0.15) is 45.7 Å². The van der Waals surface area contributed by atoms with Gasteiger partial charge in [-0.25, -0.2) is 0 Å². The molecule has 0 bridgehead atoms. The van der Waals surface area contributed by atoms with Gasteiger partial charge < -0.3 is 10.2 Å². The molecule has 20 heavy (non-hydrogen) atoms. The van der Waals surface area contributed by atoms with Crippen molar-refractivity contribution in [2.45, 2.75) is 46.2 Å². The van der Waals surface area contributed by atoms with Crippen LogP contribution in [0, 0.1) is 11.8 Å². The first-order chi connectivity index (χ1) is 9.43. The van der Waals surface area contributed by atoms with Crippen LogP contribution in [0.3, 0.4) is 0 Å². The number of halogens is 1. The predicted octanol–water partition coefficient (Wildman–Crippen LogP) is 4.60. The summed E-state index contributed by atoms with van der Waals surface area (Å²) in [4.78, 5) is 2.60. The summed E-state index contributed by atoms with van der Waals surface area (Å²) in [7, 11) is 2.03. The molecule has 3 heteroatoms. The van der Waals surface area contributed by atoms with Gasteiger partial charge in [-0.1, -0.05) is 35.8 Å². The van der Waals surface area contributed by atoms with Gasteiger partial charge in [0, 0.05) is 28.8 Å². The normalized spacial score (nSPS) is 28.5. The number of rotatable bonds is 3. The van der Waals surface area contributed by atoms with Crippen molar-refractivity contribution in [1.29, 1.82) is 0 Å². The molecule has 0 aromatic heterocycles. The third kappa shape index (κ3) is 3.20. The molecule has 1 N–H and O–H groups in total. The lowest BCUT2D eigenvalue weighted by atomic mass is 9.85. The zero-order valence-electron chi connectivity index (χ0n) is 13.3. The van der Waals surface area contributed by atoms with Gasteiger partial charge in [-0.15, -0.1) is 0 Å². The fourth-order valence-corrected chi connectivity index (χ4v) is 3.67. The number of anilines is 1.